The molecule has 1 N–H and O–H groups in total. The molecule has 3 rings (SSSR count). The van der Waals surface area contributed by atoms with Crippen LogP contribution in [0.25, 0.3) is 0 Å². The Hall–Kier alpha value is -3.16. The van der Waals surface area contributed by atoms with Gasteiger partial charge in [0.05, 0.1) is 12.2 Å². The number of carbonyl (C=O) groups is 1. The number of nitrogens with zero attached hydrogens (tertiary/aromatic N) is 5. The molecule has 27 heavy (non-hydrogen) atoms. The molecule has 1 aromatic carbocycles. The van der Waals surface area contributed by atoms with Gasteiger partial charge in [0.1, 0.15) is 12.4 Å². The topological polar surface area (TPSA) is 89.1 Å². The zero-order valence-electron chi connectivity index (χ0n) is 15.8. The lowest BCUT2D eigenvalue weighted by atomic mass is 10.1. The van der Waals surface area contributed by atoms with Gasteiger partial charge in [0.25, 0.3) is 0 Å². The van der Waals surface area contributed by atoms with E-state index in [0.29, 0.717) is 30.6 Å². The molecule has 0 saturated carbocycles. The molecular formula is C19H24N6O2. The number of hydrogen-bond acceptors (Lipinski definition) is 5. The molecule has 0 unspecified atom stereocenters. The van der Waals surface area contributed by atoms with Crippen molar-refractivity contribution in [1.82, 2.24) is 24.9 Å². The molecule has 0 fully saturated rings. The van der Waals surface area contributed by atoms with Crippen molar-refractivity contribution in [3.05, 3.63) is 59.9 Å². The van der Waals surface area contributed by atoms with Crippen LogP contribution in [-0.2, 0) is 13.0 Å². The van der Waals surface area contributed by atoms with E-state index < -0.39 is 0 Å². The van der Waals surface area contributed by atoms with Crippen molar-refractivity contribution in [2.45, 2.75) is 39.8 Å². The first-order valence-electron chi connectivity index (χ1n) is 9.08. The highest BCUT2D eigenvalue weighted by Gasteiger charge is 2.19. The lowest BCUT2D eigenvalue weighted by Gasteiger charge is -2.21. The summed E-state index contributed by atoms with van der Waals surface area (Å²) in [5.74, 6) is 1.63. The first-order valence-corrected chi connectivity index (χ1v) is 9.08. The third kappa shape index (κ3) is 4.33. The lowest BCUT2D eigenvalue weighted by molar-refractivity contribution is 0.205. The van der Waals surface area contributed by atoms with E-state index in [1.54, 1.807) is 21.8 Å². The van der Waals surface area contributed by atoms with Crippen LogP contribution >= 0.6 is 0 Å². The van der Waals surface area contributed by atoms with Crippen molar-refractivity contribution in [2.75, 3.05) is 11.9 Å². The zero-order chi connectivity index (χ0) is 19.2. The van der Waals surface area contributed by atoms with Crippen LogP contribution in [0.4, 0.5) is 10.6 Å². The second-order valence-corrected chi connectivity index (χ2v) is 6.14. The van der Waals surface area contributed by atoms with Gasteiger partial charge in [-0.15, -0.1) is 10.2 Å². The number of carbonyl (C=O) groups excluding carboxylic acids is 1. The Bertz CT molecular complexity index is 873. The van der Waals surface area contributed by atoms with Crippen LogP contribution in [0.15, 0.2) is 47.0 Å². The lowest BCUT2D eigenvalue weighted by Crippen LogP contribution is -2.35. The van der Waals surface area contributed by atoms with Gasteiger partial charge in [-0.3, -0.25) is 5.32 Å². The first-order chi connectivity index (χ1) is 13.1. The predicted octanol–water partition coefficient (Wildman–Crippen LogP) is 3.49. The highest BCUT2D eigenvalue weighted by molar-refractivity contribution is 5.88. The van der Waals surface area contributed by atoms with E-state index in [2.05, 4.69) is 20.6 Å². The third-order valence-electron chi connectivity index (χ3n) is 4.36. The van der Waals surface area contributed by atoms with Gasteiger partial charge in [0.15, 0.2) is 0 Å². The van der Waals surface area contributed by atoms with Gasteiger partial charge in [0, 0.05) is 19.0 Å². The van der Waals surface area contributed by atoms with Crippen LogP contribution in [0.2, 0.25) is 0 Å². The molecule has 8 heteroatoms. The quantitative estimate of drug-likeness (QED) is 0.689. The molecule has 8 nitrogen and oxygen atoms in total. The van der Waals surface area contributed by atoms with E-state index >= 15 is 0 Å². The smallest absolute Gasteiger partial charge is 0.323 e. The average molecular weight is 368 g/mol. The van der Waals surface area contributed by atoms with Gasteiger partial charge in [-0.25, -0.2) is 9.48 Å². The number of anilines is 1. The largest absolute Gasteiger partial charge is 0.423 e. The van der Waals surface area contributed by atoms with Crippen molar-refractivity contribution < 1.29 is 9.21 Å². The van der Waals surface area contributed by atoms with E-state index in [1.165, 1.54) is 0 Å². The summed E-state index contributed by atoms with van der Waals surface area (Å²) in [6.45, 7) is 6.66. The van der Waals surface area contributed by atoms with E-state index in [9.17, 15) is 4.79 Å². The van der Waals surface area contributed by atoms with Crippen LogP contribution in [-0.4, -0.2) is 37.5 Å². The number of aromatic nitrogens is 4. The van der Waals surface area contributed by atoms with Crippen molar-refractivity contribution in [2.24, 2.45) is 0 Å². The monoisotopic (exact) mass is 368 g/mol. The Morgan fingerprint density at radius 2 is 1.93 bits per heavy atom. The summed E-state index contributed by atoms with van der Waals surface area (Å²) in [4.78, 5) is 14.3. The van der Waals surface area contributed by atoms with Gasteiger partial charge >= 0.3 is 6.03 Å². The van der Waals surface area contributed by atoms with Crippen molar-refractivity contribution in [3.63, 3.8) is 0 Å². The molecule has 0 bridgehead atoms. The van der Waals surface area contributed by atoms with Crippen LogP contribution in [0.5, 0.6) is 0 Å². The summed E-state index contributed by atoms with van der Waals surface area (Å²) in [6.07, 6.45) is 2.35. The summed E-state index contributed by atoms with van der Waals surface area (Å²) in [5, 5.41) is 15.2. The minimum absolute atomic E-state index is 0.00497. The number of amides is 2. The molecule has 0 radical (unpaired) electrons. The van der Waals surface area contributed by atoms with Crippen LogP contribution in [0, 0.1) is 0 Å². The Morgan fingerprint density at radius 1 is 1.19 bits per heavy atom. The van der Waals surface area contributed by atoms with Gasteiger partial charge < -0.3 is 9.32 Å². The second kappa shape index (κ2) is 8.48. The Balaban J connectivity index is 1.71. The number of hydrogen-bond donors (Lipinski definition) is 1. The SMILES string of the molecule is CCc1nnc(CN(CC)C(=O)Nc2ccnn2[C@@H](C)c2ccccc2)o1. The Morgan fingerprint density at radius 3 is 2.59 bits per heavy atom. The van der Waals surface area contributed by atoms with Crippen LogP contribution < -0.4 is 5.32 Å². The normalized spacial score (nSPS) is 12.0. The first kappa shape index (κ1) is 18.6. The standard InChI is InChI=1S/C19H24N6O2/c1-4-17-22-23-18(27-17)13-24(5-2)19(26)21-16-11-12-20-25(16)14(3)15-9-7-6-8-10-15/h6-12,14H,4-5,13H2,1-3H3,(H,21,26)/t14-/m0/s1. The Labute approximate surface area is 158 Å². The second-order valence-electron chi connectivity index (χ2n) is 6.14. The maximum absolute atomic E-state index is 12.7. The summed E-state index contributed by atoms with van der Waals surface area (Å²) >= 11 is 0. The number of rotatable bonds is 7. The molecule has 2 amide bonds. The summed E-state index contributed by atoms with van der Waals surface area (Å²) < 4.78 is 7.30. The van der Waals surface area contributed by atoms with E-state index in [0.717, 1.165) is 5.56 Å². The van der Waals surface area contributed by atoms with Gasteiger partial charge in [-0.1, -0.05) is 37.3 Å². The molecular weight excluding hydrogens is 344 g/mol. The maximum atomic E-state index is 12.7. The maximum Gasteiger partial charge on any atom is 0.323 e. The third-order valence-corrected chi connectivity index (χ3v) is 4.36. The molecule has 2 heterocycles. The molecule has 0 spiro atoms. The van der Waals surface area contributed by atoms with Crippen LogP contribution in [0.3, 0.4) is 0 Å². The molecule has 3 aromatic rings. The van der Waals surface area contributed by atoms with Gasteiger partial charge in [-0.05, 0) is 19.4 Å². The fourth-order valence-electron chi connectivity index (χ4n) is 2.77. The number of urea groups is 1. The minimum Gasteiger partial charge on any atom is -0.423 e. The fourth-order valence-corrected chi connectivity index (χ4v) is 2.77. The summed E-state index contributed by atoms with van der Waals surface area (Å²) in [6, 6.07) is 11.6. The van der Waals surface area contributed by atoms with Crippen molar-refractivity contribution in [1.29, 1.82) is 0 Å². The zero-order valence-corrected chi connectivity index (χ0v) is 15.8. The Kier molecular flexibility index (Phi) is 5.85. The molecule has 0 aliphatic carbocycles. The van der Waals surface area contributed by atoms with Crippen LogP contribution in [0.1, 0.15) is 44.2 Å². The number of aryl methyl sites for hydroxylation is 1. The predicted molar refractivity (Wildman–Crippen MR) is 101 cm³/mol. The molecule has 2 aromatic heterocycles. The molecule has 1 atom stereocenters. The molecule has 0 aliphatic rings. The average Bonchev–Trinajstić information content (AvgIpc) is 3.35. The molecule has 0 aliphatic heterocycles. The minimum atomic E-state index is -0.240. The van der Waals surface area contributed by atoms with Crippen molar-refractivity contribution in [3.8, 4) is 0 Å². The van der Waals surface area contributed by atoms with Gasteiger partial charge in [0.2, 0.25) is 11.8 Å². The molecule has 142 valence electrons. The summed E-state index contributed by atoms with van der Waals surface area (Å²) in [7, 11) is 0. The molecule has 0 saturated heterocycles. The van der Waals surface area contributed by atoms with E-state index in [1.807, 2.05) is 51.1 Å². The number of benzene rings is 1. The van der Waals surface area contributed by atoms with Crippen molar-refractivity contribution >= 4 is 11.8 Å². The highest BCUT2D eigenvalue weighted by Crippen LogP contribution is 2.21. The number of nitrogens with one attached hydrogen (secondary N) is 1. The fraction of sp³-hybridized carbons (Fsp3) is 0.368. The highest BCUT2D eigenvalue weighted by atomic mass is 16.4. The van der Waals surface area contributed by atoms with Gasteiger partial charge in [-0.2, -0.15) is 5.10 Å². The summed E-state index contributed by atoms with van der Waals surface area (Å²) in [5.41, 5.74) is 1.11. The van der Waals surface area contributed by atoms with E-state index in [4.69, 9.17) is 4.42 Å². The van der Waals surface area contributed by atoms with E-state index in [-0.39, 0.29) is 18.6 Å².